The molecule has 1 aromatic heterocycles. The maximum Gasteiger partial charge on any atom is 0.268 e. The van der Waals surface area contributed by atoms with Crippen molar-refractivity contribution in [2.24, 2.45) is 0 Å². The Labute approximate surface area is 156 Å². The third-order valence-electron chi connectivity index (χ3n) is 4.97. The zero-order valence-electron chi connectivity index (χ0n) is 14.6. The van der Waals surface area contributed by atoms with Gasteiger partial charge in [0.1, 0.15) is 11.6 Å². The zero-order chi connectivity index (χ0) is 19.2. The van der Waals surface area contributed by atoms with E-state index in [9.17, 15) is 17.2 Å². The van der Waals surface area contributed by atoms with Crippen molar-refractivity contribution in [2.75, 3.05) is 7.05 Å². The number of aromatic nitrogens is 1. The molecule has 2 aromatic carbocycles. The average Bonchev–Trinajstić information content (AvgIpc) is 3.20. The van der Waals surface area contributed by atoms with Gasteiger partial charge in [0.25, 0.3) is 10.0 Å². The topological polar surface area (TPSA) is 51.1 Å². The fourth-order valence-electron chi connectivity index (χ4n) is 3.70. The van der Waals surface area contributed by atoms with Crippen LogP contribution in [0.1, 0.15) is 23.7 Å². The van der Waals surface area contributed by atoms with E-state index in [1.54, 1.807) is 31.3 Å². The summed E-state index contributed by atoms with van der Waals surface area (Å²) in [7, 11) is -2.28. The Kier molecular flexibility index (Phi) is 4.36. The van der Waals surface area contributed by atoms with Crippen LogP contribution in [0.5, 0.6) is 0 Å². The van der Waals surface area contributed by atoms with Crippen LogP contribution in [0.15, 0.2) is 59.5 Å². The second-order valence-corrected chi connectivity index (χ2v) is 8.30. The molecule has 0 saturated carbocycles. The summed E-state index contributed by atoms with van der Waals surface area (Å²) in [5, 5.41) is 3.17. The van der Waals surface area contributed by atoms with Gasteiger partial charge >= 0.3 is 0 Å². The van der Waals surface area contributed by atoms with Crippen LogP contribution in [0.2, 0.25) is 0 Å². The number of nitrogens with zero attached hydrogens (tertiary/aromatic N) is 1. The lowest BCUT2D eigenvalue weighted by Crippen LogP contribution is -2.17. The molecule has 1 atom stereocenters. The number of rotatable bonds is 4. The molecule has 0 saturated heterocycles. The van der Waals surface area contributed by atoms with Crippen molar-refractivity contribution in [1.29, 1.82) is 0 Å². The van der Waals surface area contributed by atoms with E-state index in [1.165, 1.54) is 28.2 Å². The molecule has 0 fully saturated rings. The first kappa shape index (κ1) is 17.9. The predicted molar refractivity (Wildman–Crippen MR) is 98.9 cm³/mol. The van der Waals surface area contributed by atoms with Gasteiger partial charge < -0.3 is 5.32 Å². The van der Waals surface area contributed by atoms with Crippen LogP contribution in [0, 0.1) is 11.6 Å². The van der Waals surface area contributed by atoms with Crippen molar-refractivity contribution in [1.82, 2.24) is 9.29 Å². The molecule has 0 amide bonds. The minimum absolute atomic E-state index is 0.00511. The lowest BCUT2D eigenvalue weighted by atomic mass is 10.1. The number of nitrogens with one attached hydrogen (secondary N) is 1. The highest BCUT2D eigenvalue weighted by molar-refractivity contribution is 7.90. The Morgan fingerprint density at radius 1 is 1.07 bits per heavy atom. The van der Waals surface area contributed by atoms with Crippen LogP contribution in [-0.2, 0) is 16.4 Å². The smallest absolute Gasteiger partial charge is 0.268 e. The van der Waals surface area contributed by atoms with Crippen LogP contribution in [0.25, 0.3) is 11.3 Å². The average molecular weight is 388 g/mol. The number of halogens is 2. The highest BCUT2D eigenvalue weighted by Gasteiger charge is 2.33. The van der Waals surface area contributed by atoms with Gasteiger partial charge in [-0.3, -0.25) is 0 Å². The summed E-state index contributed by atoms with van der Waals surface area (Å²) in [6, 6.07) is 12.6. The summed E-state index contributed by atoms with van der Waals surface area (Å²) in [6.07, 6.45) is 1.28. The minimum atomic E-state index is -4.09. The molecule has 4 rings (SSSR count). The first-order chi connectivity index (χ1) is 12.9. The van der Waals surface area contributed by atoms with Crippen molar-refractivity contribution >= 4 is 10.0 Å². The summed E-state index contributed by atoms with van der Waals surface area (Å²) in [5.74, 6) is -1.15. The molecule has 1 aliphatic carbocycles. The number of hydrogen-bond acceptors (Lipinski definition) is 3. The fourth-order valence-corrected chi connectivity index (χ4v) is 5.32. The molecular weight excluding hydrogens is 370 g/mol. The molecule has 0 spiro atoms. The van der Waals surface area contributed by atoms with Gasteiger partial charge in [0.05, 0.1) is 10.6 Å². The Bertz CT molecular complexity index is 1120. The first-order valence-electron chi connectivity index (χ1n) is 8.61. The molecule has 3 aromatic rings. The largest absolute Gasteiger partial charge is 0.313 e. The van der Waals surface area contributed by atoms with Gasteiger partial charge in [-0.05, 0) is 61.9 Å². The lowest BCUT2D eigenvalue weighted by Gasteiger charge is -2.14. The Morgan fingerprint density at radius 2 is 1.85 bits per heavy atom. The fraction of sp³-hybridized carbons (Fsp3) is 0.200. The quantitative estimate of drug-likeness (QED) is 0.738. The molecule has 4 nitrogen and oxygen atoms in total. The monoisotopic (exact) mass is 388 g/mol. The predicted octanol–water partition coefficient (Wildman–Crippen LogP) is 3.88. The van der Waals surface area contributed by atoms with E-state index < -0.39 is 21.7 Å². The van der Waals surface area contributed by atoms with E-state index in [2.05, 4.69) is 5.32 Å². The molecule has 1 heterocycles. The van der Waals surface area contributed by atoms with Crippen LogP contribution >= 0.6 is 0 Å². The number of fused-ring (bicyclic) bond motifs is 1. The maximum absolute atomic E-state index is 14.5. The molecule has 0 radical (unpaired) electrons. The second kappa shape index (κ2) is 6.58. The van der Waals surface area contributed by atoms with E-state index in [4.69, 9.17) is 0 Å². The van der Waals surface area contributed by atoms with Crippen molar-refractivity contribution in [3.05, 3.63) is 77.5 Å². The van der Waals surface area contributed by atoms with E-state index in [-0.39, 0.29) is 22.2 Å². The van der Waals surface area contributed by atoms with E-state index >= 15 is 0 Å². The molecule has 0 unspecified atom stereocenters. The summed E-state index contributed by atoms with van der Waals surface area (Å²) < 4.78 is 56.0. The normalized spacial score (nSPS) is 16.5. The summed E-state index contributed by atoms with van der Waals surface area (Å²) in [4.78, 5) is -0.161. The third-order valence-corrected chi connectivity index (χ3v) is 6.71. The Morgan fingerprint density at radius 3 is 2.56 bits per heavy atom. The minimum Gasteiger partial charge on any atom is -0.313 e. The third kappa shape index (κ3) is 2.87. The maximum atomic E-state index is 14.5. The Hall–Kier alpha value is -2.51. The van der Waals surface area contributed by atoms with Gasteiger partial charge in [0.2, 0.25) is 0 Å². The van der Waals surface area contributed by atoms with Gasteiger partial charge in [-0.2, -0.15) is 0 Å². The zero-order valence-corrected chi connectivity index (χ0v) is 15.4. The van der Waals surface area contributed by atoms with E-state index in [0.29, 0.717) is 12.1 Å². The first-order valence-corrected chi connectivity index (χ1v) is 10.1. The molecule has 7 heteroatoms. The van der Waals surface area contributed by atoms with Gasteiger partial charge in [-0.25, -0.2) is 21.2 Å². The standard InChI is InChI=1S/C20H18F2N2O2S/c1-23-18-9-10-19-16(18)12-20(15-7-2-3-8-17(15)22)24(19)27(25,26)14-6-4-5-13(21)11-14/h2-8,11-12,18,23H,9-10H2,1H3/t18-/m1/s1. The molecule has 27 heavy (non-hydrogen) atoms. The van der Waals surface area contributed by atoms with Gasteiger partial charge in [0, 0.05) is 17.3 Å². The van der Waals surface area contributed by atoms with Crippen molar-refractivity contribution in [3.8, 4) is 11.3 Å². The summed E-state index contributed by atoms with van der Waals surface area (Å²) >= 11 is 0. The highest BCUT2D eigenvalue weighted by atomic mass is 32.2. The molecular formula is C20H18F2N2O2S. The molecule has 1 aliphatic rings. The lowest BCUT2D eigenvalue weighted by molar-refractivity contribution is 0.578. The molecule has 140 valence electrons. The summed E-state index contributed by atoms with van der Waals surface area (Å²) in [5.41, 5.74) is 1.89. The van der Waals surface area contributed by atoms with Gasteiger partial charge in [0.15, 0.2) is 0 Å². The van der Waals surface area contributed by atoms with Gasteiger partial charge in [-0.15, -0.1) is 0 Å². The van der Waals surface area contributed by atoms with E-state index in [1.807, 2.05) is 0 Å². The van der Waals surface area contributed by atoms with Crippen LogP contribution < -0.4 is 5.32 Å². The van der Waals surface area contributed by atoms with E-state index in [0.717, 1.165) is 18.1 Å². The Balaban J connectivity index is 2.01. The highest BCUT2D eigenvalue weighted by Crippen LogP contribution is 2.40. The SMILES string of the molecule is CN[C@@H]1CCc2c1cc(-c1ccccc1F)n2S(=O)(=O)c1cccc(F)c1. The molecule has 0 bridgehead atoms. The molecule has 1 N–H and O–H groups in total. The van der Waals surface area contributed by atoms with Crippen molar-refractivity contribution in [2.45, 2.75) is 23.8 Å². The number of hydrogen-bond donors (Lipinski definition) is 1. The van der Waals surface area contributed by atoms with Crippen LogP contribution in [0.4, 0.5) is 8.78 Å². The molecule has 0 aliphatic heterocycles. The van der Waals surface area contributed by atoms with Gasteiger partial charge in [-0.1, -0.05) is 18.2 Å². The van der Waals surface area contributed by atoms with Crippen molar-refractivity contribution < 1.29 is 17.2 Å². The van der Waals surface area contributed by atoms with Crippen LogP contribution in [-0.4, -0.2) is 19.4 Å². The number of benzene rings is 2. The van der Waals surface area contributed by atoms with Crippen molar-refractivity contribution in [3.63, 3.8) is 0 Å². The second-order valence-electron chi connectivity index (χ2n) is 6.52. The summed E-state index contributed by atoms with van der Waals surface area (Å²) in [6.45, 7) is 0. The van der Waals surface area contributed by atoms with Crippen LogP contribution in [0.3, 0.4) is 0 Å².